The molecule has 0 atom stereocenters. The van der Waals surface area contributed by atoms with Gasteiger partial charge in [-0.2, -0.15) is 0 Å². The molecule has 1 aromatic heterocycles. The number of hydrogen-bond acceptors (Lipinski definition) is 4. The number of anilines is 1. The molecule has 19 heavy (non-hydrogen) atoms. The van der Waals surface area contributed by atoms with E-state index in [4.69, 9.17) is 10.5 Å². The average molecular weight is 265 g/mol. The summed E-state index contributed by atoms with van der Waals surface area (Å²) in [7, 11) is 1.62. The summed E-state index contributed by atoms with van der Waals surface area (Å²) in [5.74, 6) is 0.594. The number of carbonyl (C=O) groups is 1. The molecule has 0 aromatic carbocycles. The zero-order valence-electron chi connectivity index (χ0n) is 12.1. The van der Waals surface area contributed by atoms with Crippen LogP contribution in [0.25, 0.3) is 0 Å². The molecule has 0 aliphatic rings. The third-order valence-electron chi connectivity index (χ3n) is 2.94. The molecule has 1 amide bonds. The molecule has 106 valence electrons. The van der Waals surface area contributed by atoms with Crippen LogP contribution in [0.1, 0.15) is 42.7 Å². The van der Waals surface area contributed by atoms with Crippen LogP contribution in [0.15, 0.2) is 12.1 Å². The van der Waals surface area contributed by atoms with Crippen LogP contribution in [-0.4, -0.2) is 42.6 Å². The van der Waals surface area contributed by atoms with Crippen LogP contribution in [0.5, 0.6) is 0 Å². The van der Waals surface area contributed by atoms with Crippen molar-refractivity contribution in [1.82, 2.24) is 9.88 Å². The monoisotopic (exact) mass is 265 g/mol. The number of likely N-dealkylation sites (N-methyl/N-ethyl adjacent to an activating group) is 1. The molecule has 0 spiro atoms. The van der Waals surface area contributed by atoms with E-state index in [9.17, 15) is 4.79 Å². The van der Waals surface area contributed by atoms with Gasteiger partial charge < -0.3 is 15.4 Å². The van der Waals surface area contributed by atoms with Crippen molar-refractivity contribution in [3.05, 3.63) is 23.4 Å². The van der Waals surface area contributed by atoms with Gasteiger partial charge >= 0.3 is 0 Å². The van der Waals surface area contributed by atoms with E-state index in [0.29, 0.717) is 31.1 Å². The third-order valence-corrected chi connectivity index (χ3v) is 2.94. The fourth-order valence-electron chi connectivity index (χ4n) is 1.78. The van der Waals surface area contributed by atoms with Crippen LogP contribution in [0.4, 0.5) is 5.82 Å². The van der Waals surface area contributed by atoms with E-state index in [1.54, 1.807) is 18.1 Å². The van der Waals surface area contributed by atoms with Crippen LogP contribution in [0, 0.1) is 0 Å². The van der Waals surface area contributed by atoms with E-state index < -0.39 is 0 Å². The predicted octanol–water partition coefficient (Wildman–Crippen LogP) is 1.90. The minimum absolute atomic E-state index is 0.0319. The number of pyridine rings is 1. The molecule has 2 N–H and O–H groups in total. The molecule has 0 saturated heterocycles. The van der Waals surface area contributed by atoms with Crippen LogP contribution in [0.3, 0.4) is 0 Å². The highest BCUT2D eigenvalue weighted by Crippen LogP contribution is 2.17. The van der Waals surface area contributed by atoms with Crippen molar-refractivity contribution in [2.75, 3.05) is 32.5 Å². The Morgan fingerprint density at radius 2 is 2.16 bits per heavy atom. The molecular weight excluding hydrogens is 242 g/mol. The summed E-state index contributed by atoms with van der Waals surface area (Å²) in [4.78, 5) is 18.4. The molecule has 5 nitrogen and oxygen atoms in total. The smallest absolute Gasteiger partial charge is 0.254 e. The first kappa shape index (κ1) is 15.4. The number of methoxy groups -OCH3 is 1. The standard InChI is InChI=1S/C14H23N3O2/c1-5-17(6-7-19-4)14(18)11-8-12(10(2)3)16-13(15)9-11/h8-10H,5-7H2,1-4H3,(H2,15,16). The lowest BCUT2D eigenvalue weighted by atomic mass is 10.1. The molecule has 0 bridgehead atoms. The number of carbonyl (C=O) groups excluding carboxylic acids is 1. The number of amides is 1. The van der Waals surface area contributed by atoms with Crippen molar-refractivity contribution < 1.29 is 9.53 Å². The highest BCUT2D eigenvalue weighted by molar-refractivity contribution is 5.95. The van der Waals surface area contributed by atoms with Gasteiger partial charge in [0.1, 0.15) is 5.82 Å². The van der Waals surface area contributed by atoms with Gasteiger partial charge in [-0.25, -0.2) is 4.98 Å². The van der Waals surface area contributed by atoms with Gasteiger partial charge in [-0.05, 0) is 25.0 Å². The molecule has 1 rings (SSSR count). The maximum absolute atomic E-state index is 12.4. The fraction of sp³-hybridized carbons (Fsp3) is 0.571. The van der Waals surface area contributed by atoms with Crippen LogP contribution in [0.2, 0.25) is 0 Å². The van der Waals surface area contributed by atoms with Gasteiger partial charge in [0, 0.05) is 31.5 Å². The highest BCUT2D eigenvalue weighted by Gasteiger charge is 2.16. The summed E-state index contributed by atoms with van der Waals surface area (Å²) in [6, 6.07) is 3.45. The first-order valence-corrected chi connectivity index (χ1v) is 6.55. The van der Waals surface area contributed by atoms with E-state index >= 15 is 0 Å². The minimum atomic E-state index is -0.0319. The summed E-state index contributed by atoms with van der Waals surface area (Å²) in [6.07, 6.45) is 0. The van der Waals surface area contributed by atoms with Crippen molar-refractivity contribution in [2.45, 2.75) is 26.7 Å². The number of ether oxygens (including phenoxy) is 1. The normalized spacial score (nSPS) is 10.8. The summed E-state index contributed by atoms with van der Waals surface area (Å²) in [6.45, 7) is 7.74. The molecule has 0 unspecified atom stereocenters. The van der Waals surface area contributed by atoms with Gasteiger partial charge in [-0.3, -0.25) is 4.79 Å². The second kappa shape index (κ2) is 7.09. The number of nitrogens with two attached hydrogens (primary N) is 1. The minimum Gasteiger partial charge on any atom is -0.384 e. The van der Waals surface area contributed by atoms with E-state index in [1.807, 2.05) is 26.8 Å². The quantitative estimate of drug-likeness (QED) is 0.853. The van der Waals surface area contributed by atoms with Crippen molar-refractivity contribution in [2.24, 2.45) is 0 Å². The molecule has 0 radical (unpaired) electrons. The van der Waals surface area contributed by atoms with Crippen LogP contribution in [-0.2, 0) is 4.74 Å². The lowest BCUT2D eigenvalue weighted by molar-refractivity contribution is 0.0706. The van der Waals surface area contributed by atoms with E-state index in [-0.39, 0.29) is 11.8 Å². The summed E-state index contributed by atoms with van der Waals surface area (Å²) in [5.41, 5.74) is 7.20. The van der Waals surface area contributed by atoms with Crippen molar-refractivity contribution in [1.29, 1.82) is 0 Å². The Morgan fingerprint density at radius 3 is 2.68 bits per heavy atom. The third kappa shape index (κ3) is 4.21. The molecular formula is C14H23N3O2. The molecule has 1 heterocycles. The Hall–Kier alpha value is -1.62. The topological polar surface area (TPSA) is 68.5 Å². The second-order valence-corrected chi connectivity index (χ2v) is 4.74. The fourth-order valence-corrected chi connectivity index (χ4v) is 1.78. The molecule has 0 saturated carbocycles. The van der Waals surface area contributed by atoms with Gasteiger partial charge in [0.25, 0.3) is 5.91 Å². The number of nitrogens with zero attached hydrogens (tertiary/aromatic N) is 2. The maximum atomic E-state index is 12.4. The van der Waals surface area contributed by atoms with Gasteiger partial charge in [0.2, 0.25) is 0 Å². The molecule has 5 heteroatoms. The van der Waals surface area contributed by atoms with Gasteiger partial charge in [0.15, 0.2) is 0 Å². The Morgan fingerprint density at radius 1 is 1.47 bits per heavy atom. The average Bonchev–Trinajstić information content (AvgIpc) is 2.38. The Balaban J connectivity index is 2.97. The number of aromatic nitrogens is 1. The van der Waals surface area contributed by atoms with Crippen molar-refractivity contribution >= 4 is 11.7 Å². The Bertz CT molecular complexity index is 433. The molecule has 0 fully saturated rings. The summed E-state index contributed by atoms with van der Waals surface area (Å²) in [5, 5.41) is 0. The first-order valence-electron chi connectivity index (χ1n) is 6.55. The predicted molar refractivity (Wildman–Crippen MR) is 76.2 cm³/mol. The largest absolute Gasteiger partial charge is 0.384 e. The Kier molecular flexibility index (Phi) is 5.76. The summed E-state index contributed by atoms with van der Waals surface area (Å²) >= 11 is 0. The zero-order valence-corrected chi connectivity index (χ0v) is 12.1. The SMILES string of the molecule is CCN(CCOC)C(=O)c1cc(N)nc(C(C)C)c1. The number of nitrogen functional groups attached to an aromatic ring is 1. The summed E-state index contributed by atoms with van der Waals surface area (Å²) < 4.78 is 5.01. The molecule has 1 aromatic rings. The highest BCUT2D eigenvalue weighted by atomic mass is 16.5. The Labute approximate surface area is 114 Å². The maximum Gasteiger partial charge on any atom is 0.254 e. The molecule has 0 aliphatic carbocycles. The van der Waals surface area contributed by atoms with E-state index in [1.165, 1.54) is 0 Å². The second-order valence-electron chi connectivity index (χ2n) is 4.74. The van der Waals surface area contributed by atoms with Crippen LogP contribution < -0.4 is 5.73 Å². The van der Waals surface area contributed by atoms with E-state index in [2.05, 4.69) is 4.98 Å². The van der Waals surface area contributed by atoms with Gasteiger partial charge in [0.05, 0.1) is 6.61 Å². The van der Waals surface area contributed by atoms with Crippen LogP contribution >= 0.6 is 0 Å². The van der Waals surface area contributed by atoms with Crippen molar-refractivity contribution in [3.63, 3.8) is 0 Å². The lowest BCUT2D eigenvalue weighted by Crippen LogP contribution is -2.33. The lowest BCUT2D eigenvalue weighted by Gasteiger charge is -2.21. The van der Waals surface area contributed by atoms with Gasteiger partial charge in [-0.15, -0.1) is 0 Å². The number of rotatable bonds is 6. The number of hydrogen-bond donors (Lipinski definition) is 1. The first-order chi connectivity index (χ1) is 8.99. The van der Waals surface area contributed by atoms with Gasteiger partial charge in [-0.1, -0.05) is 13.8 Å². The zero-order chi connectivity index (χ0) is 14.4. The molecule has 0 aliphatic heterocycles. The van der Waals surface area contributed by atoms with E-state index in [0.717, 1.165) is 5.69 Å². The van der Waals surface area contributed by atoms with Crippen molar-refractivity contribution in [3.8, 4) is 0 Å².